The second kappa shape index (κ2) is 4.98. The second-order valence-corrected chi connectivity index (χ2v) is 9.29. The minimum Gasteiger partial charge on any atom is -0.318 e. The first kappa shape index (κ1) is 14.8. The Labute approximate surface area is 125 Å². The van der Waals surface area contributed by atoms with Crippen LogP contribution in [0.3, 0.4) is 0 Å². The summed E-state index contributed by atoms with van der Waals surface area (Å²) in [4.78, 5) is 2.53. The third kappa shape index (κ3) is 2.78. The van der Waals surface area contributed by atoms with Crippen LogP contribution in [0.1, 0.15) is 58.8 Å². The molecule has 0 spiro atoms. The van der Waals surface area contributed by atoms with Gasteiger partial charge < -0.3 is 10.2 Å². The smallest absolute Gasteiger partial charge is 0.0104 e. The van der Waals surface area contributed by atoms with Crippen LogP contribution in [0.2, 0.25) is 0 Å². The van der Waals surface area contributed by atoms with Gasteiger partial charge in [0.2, 0.25) is 0 Å². The van der Waals surface area contributed by atoms with E-state index in [0.29, 0.717) is 16.2 Å². The lowest BCUT2D eigenvalue weighted by Crippen LogP contribution is -2.55. The molecule has 0 aromatic carbocycles. The zero-order chi connectivity index (χ0) is 14.4. The largest absolute Gasteiger partial charge is 0.318 e. The molecule has 0 heterocycles. The van der Waals surface area contributed by atoms with E-state index < -0.39 is 0 Å². The van der Waals surface area contributed by atoms with Crippen LogP contribution in [0.5, 0.6) is 0 Å². The first-order valence-electron chi connectivity index (χ1n) is 8.69. The van der Waals surface area contributed by atoms with Gasteiger partial charge in [0.05, 0.1) is 0 Å². The Morgan fingerprint density at radius 2 is 1.65 bits per heavy atom. The highest BCUT2D eigenvalue weighted by molar-refractivity contribution is 5.10. The van der Waals surface area contributed by atoms with Gasteiger partial charge in [0.25, 0.3) is 0 Å². The van der Waals surface area contributed by atoms with Crippen molar-refractivity contribution in [3.8, 4) is 0 Å². The van der Waals surface area contributed by atoms with Gasteiger partial charge in [-0.3, -0.25) is 0 Å². The van der Waals surface area contributed by atoms with Gasteiger partial charge in [0.15, 0.2) is 0 Å². The Morgan fingerprint density at radius 3 is 2.20 bits per heavy atom. The molecule has 0 aromatic rings. The number of nitrogens with zero attached hydrogens (tertiary/aromatic N) is 1. The summed E-state index contributed by atoms with van der Waals surface area (Å²) in [7, 11) is 4.34. The summed E-state index contributed by atoms with van der Waals surface area (Å²) in [6.45, 7) is 8.77. The molecule has 4 aliphatic rings. The zero-order valence-electron chi connectivity index (χ0n) is 14.1. The molecule has 4 aliphatic carbocycles. The summed E-state index contributed by atoms with van der Waals surface area (Å²) in [5.41, 5.74) is 2.05. The molecule has 4 fully saturated rings. The van der Waals surface area contributed by atoms with E-state index in [1.165, 1.54) is 58.0 Å². The summed E-state index contributed by atoms with van der Waals surface area (Å²) in [6, 6.07) is 0. The maximum Gasteiger partial charge on any atom is 0.0104 e. The number of likely N-dealkylation sites (N-methyl/N-ethyl adjacent to an activating group) is 2. The van der Waals surface area contributed by atoms with Crippen LogP contribution in [-0.4, -0.2) is 38.6 Å². The lowest BCUT2D eigenvalue weighted by Gasteiger charge is -2.65. The van der Waals surface area contributed by atoms with Crippen molar-refractivity contribution in [2.75, 3.05) is 33.7 Å². The first-order chi connectivity index (χ1) is 9.36. The molecule has 1 N–H and O–H groups in total. The van der Waals surface area contributed by atoms with Crippen LogP contribution in [0.4, 0.5) is 0 Å². The monoisotopic (exact) mass is 278 g/mol. The Balaban J connectivity index is 1.64. The summed E-state index contributed by atoms with van der Waals surface area (Å²) < 4.78 is 0. The fourth-order valence-corrected chi connectivity index (χ4v) is 6.81. The van der Waals surface area contributed by atoms with Crippen molar-refractivity contribution in [2.24, 2.45) is 22.2 Å². The van der Waals surface area contributed by atoms with E-state index in [-0.39, 0.29) is 0 Å². The van der Waals surface area contributed by atoms with Crippen LogP contribution in [-0.2, 0) is 0 Å². The lowest BCUT2D eigenvalue weighted by atomic mass is 9.40. The number of hydrogen-bond donors (Lipinski definition) is 1. The van der Waals surface area contributed by atoms with Crippen molar-refractivity contribution in [3.05, 3.63) is 0 Å². The van der Waals surface area contributed by atoms with Gasteiger partial charge >= 0.3 is 0 Å². The maximum atomic E-state index is 3.26. The van der Waals surface area contributed by atoms with E-state index in [2.05, 4.69) is 38.2 Å². The van der Waals surface area contributed by atoms with E-state index in [1.807, 2.05) is 0 Å². The molecule has 2 nitrogen and oxygen atoms in total. The Morgan fingerprint density at radius 1 is 1.00 bits per heavy atom. The van der Waals surface area contributed by atoms with E-state index in [0.717, 1.165) is 12.5 Å². The number of nitrogens with one attached hydrogen (secondary N) is 1. The van der Waals surface area contributed by atoms with Crippen LogP contribution >= 0.6 is 0 Å². The van der Waals surface area contributed by atoms with Gasteiger partial charge in [-0.1, -0.05) is 13.8 Å². The SMILES string of the molecule is CNCCN(C)CCC12CC3CC(C)(CC(C)(C3)C1)C2. The summed E-state index contributed by atoms with van der Waals surface area (Å²) in [5, 5.41) is 3.26. The van der Waals surface area contributed by atoms with E-state index in [4.69, 9.17) is 0 Å². The summed E-state index contributed by atoms with van der Waals surface area (Å²) >= 11 is 0. The third-order valence-electron chi connectivity index (χ3n) is 6.51. The average molecular weight is 278 g/mol. The molecule has 20 heavy (non-hydrogen) atoms. The van der Waals surface area contributed by atoms with Gasteiger partial charge in [0, 0.05) is 13.1 Å². The zero-order valence-corrected chi connectivity index (χ0v) is 14.1. The minimum absolute atomic E-state index is 0.678. The molecule has 116 valence electrons. The van der Waals surface area contributed by atoms with Crippen LogP contribution in [0.15, 0.2) is 0 Å². The Hall–Kier alpha value is -0.0800. The van der Waals surface area contributed by atoms with Crippen LogP contribution in [0, 0.1) is 22.2 Å². The van der Waals surface area contributed by atoms with Crippen molar-refractivity contribution in [2.45, 2.75) is 58.8 Å². The Bertz CT molecular complexity index is 346. The van der Waals surface area contributed by atoms with Crippen LogP contribution in [0.25, 0.3) is 0 Å². The predicted molar refractivity (Wildman–Crippen MR) is 85.9 cm³/mol. The highest BCUT2D eigenvalue weighted by Crippen LogP contribution is 2.70. The molecule has 4 saturated carbocycles. The molecule has 0 radical (unpaired) electrons. The van der Waals surface area contributed by atoms with Crippen LogP contribution < -0.4 is 5.32 Å². The molecular formula is C18H34N2. The molecule has 2 unspecified atom stereocenters. The maximum absolute atomic E-state index is 3.26. The van der Waals surface area contributed by atoms with Gasteiger partial charge in [0.1, 0.15) is 0 Å². The Kier molecular flexibility index (Phi) is 3.70. The van der Waals surface area contributed by atoms with Gasteiger partial charge in [-0.15, -0.1) is 0 Å². The molecule has 4 bridgehead atoms. The molecule has 2 heteroatoms. The molecule has 0 saturated heterocycles. The van der Waals surface area contributed by atoms with E-state index in [9.17, 15) is 0 Å². The third-order valence-corrected chi connectivity index (χ3v) is 6.51. The number of rotatable bonds is 6. The van der Waals surface area contributed by atoms with Gasteiger partial charge in [-0.05, 0) is 87.7 Å². The minimum atomic E-state index is 0.678. The van der Waals surface area contributed by atoms with Crippen molar-refractivity contribution >= 4 is 0 Å². The molecule has 4 rings (SSSR count). The van der Waals surface area contributed by atoms with Crippen molar-refractivity contribution in [3.63, 3.8) is 0 Å². The molecule has 2 atom stereocenters. The quantitative estimate of drug-likeness (QED) is 0.799. The highest BCUT2D eigenvalue weighted by atomic mass is 15.1. The first-order valence-corrected chi connectivity index (χ1v) is 8.69. The highest BCUT2D eigenvalue weighted by Gasteiger charge is 2.59. The molecule has 0 aliphatic heterocycles. The van der Waals surface area contributed by atoms with Gasteiger partial charge in [-0.25, -0.2) is 0 Å². The standard InChI is InChI=1S/C18H34N2/c1-16-9-15-10-17(2,12-16)14-18(11-15,13-16)5-7-20(4)8-6-19-3/h15,19H,5-14H2,1-4H3. The predicted octanol–water partition coefficient (Wildman–Crippen LogP) is 3.52. The van der Waals surface area contributed by atoms with Crippen molar-refractivity contribution in [1.82, 2.24) is 10.2 Å². The second-order valence-electron chi connectivity index (χ2n) is 9.29. The average Bonchev–Trinajstić information content (AvgIpc) is 2.29. The number of hydrogen-bond acceptors (Lipinski definition) is 2. The normalized spacial score (nSPS) is 46.4. The molecule has 0 aromatic heterocycles. The van der Waals surface area contributed by atoms with E-state index in [1.54, 1.807) is 0 Å². The van der Waals surface area contributed by atoms with Gasteiger partial charge in [-0.2, -0.15) is 0 Å². The summed E-state index contributed by atoms with van der Waals surface area (Å²) in [5.74, 6) is 1.05. The fraction of sp³-hybridized carbons (Fsp3) is 1.00. The lowest BCUT2D eigenvalue weighted by molar-refractivity contribution is -0.148. The van der Waals surface area contributed by atoms with Crippen molar-refractivity contribution in [1.29, 1.82) is 0 Å². The summed E-state index contributed by atoms with van der Waals surface area (Å²) in [6.07, 6.45) is 10.6. The fourth-order valence-electron chi connectivity index (χ4n) is 6.81. The topological polar surface area (TPSA) is 15.3 Å². The van der Waals surface area contributed by atoms with E-state index >= 15 is 0 Å². The molecular weight excluding hydrogens is 244 g/mol. The molecule has 0 amide bonds. The van der Waals surface area contributed by atoms with Crippen molar-refractivity contribution < 1.29 is 0 Å².